The number of benzene rings is 1. The minimum atomic E-state index is -0.548. The number of nitrogens with one attached hydrogen (secondary N) is 1. The molecule has 2 rings (SSSR count). The molecule has 2 aromatic rings. The van der Waals surface area contributed by atoms with Gasteiger partial charge < -0.3 is 5.32 Å². The maximum absolute atomic E-state index is 11.0. The fourth-order valence-electron chi connectivity index (χ4n) is 1.58. The smallest absolute Gasteiger partial charge is 0.313 e. The van der Waals surface area contributed by atoms with E-state index in [4.69, 9.17) is 5.26 Å². The van der Waals surface area contributed by atoms with Gasteiger partial charge in [-0.25, -0.2) is 9.97 Å². The lowest BCUT2D eigenvalue weighted by molar-refractivity contribution is -0.384. The van der Waals surface area contributed by atoms with Gasteiger partial charge in [0.2, 0.25) is 5.95 Å². The van der Waals surface area contributed by atoms with Gasteiger partial charge in [-0.15, -0.1) is 0 Å². The molecule has 1 heterocycles. The summed E-state index contributed by atoms with van der Waals surface area (Å²) in [6, 6.07) is 8.47. The summed E-state index contributed by atoms with van der Waals surface area (Å²) in [5.41, 5.74) is 0.900. The van der Waals surface area contributed by atoms with Gasteiger partial charge in [0, 0.05) is 12.6 Å². The molecular weight excluding hydrogens is 246 g/mol. The fraction of sp³-hybridized carbons (Fsp3) is 0.0833. The third-order valence-electron chi connectivity index (χ3n) is 2.45. The molecule has 0 aliphatic rings. The van der Waals surface area contributed by atoms with Crippen LogP contribution in [0.1, 0.15) is 5.56 Å². The third kappa shape index (κ3) is 2.47. The molecule has 1 aromatic heterocycles. The minimum Gasteiger partial charge on any atom is -0.357 e. The van der Waals surface area contributed by atoms with Crippen LogP contribution in [0, 0.1) is 21.4 Å². The number of rotatable bonds is 3. The molecule has 0 bridgehead atoms. The van der Waals surface area contributed by atoms with Crippen molar-refractivity contribution in [2.24, 2.45) is 0 Å². The van der Waals surface area contributed by atoms with Gasteiger partial charge in [-0.1, -0.05) is 12.1 Å². The van der Waals surface area contributed by atoms with Crippen LogP contribution in [0.4, 0.5) is 11.6 Å². The fourth-order valence-corrected chi connectivity index (χ4v) is 1.58. The average molecular weight is 255 g/mol. The van der Waals surface area contributed by atoms with Crippen LogP contribution < -0.4 is 5.32 Å². The molecular formula is C12H9N5O2. The Balaban J connectivity index is 2.64. The van der Waals surface area contributed by atoms with Crippen LogP contribution in [0.3, 0.4) is 0 Å². The molecule has 7 heteroatoms. The number of aromatic nitrogens is 2. The number of nitrogens with zero attached hydrogens (tertiary/aromatic N) is 4. The lowest BCUT2D eigenvalue weighted by Crippen LogP contribution is -2.01. The summed E-state index contributed by atoms with van der Waals surface area (Å²) in [5.74, 6) is 0.281. The van der Waals surface area contributed by atoms with Crippen molar-refractivity contribution in [3.63, 3.8) is 0 Å². The van der Waals surface area contributed by atoms with Crippen molar-refractivity contribution in [2.75, 3.05) is 12.4 Å². The maximum atomic E-state index is 11.0. The maximum Gasteiger partial charge on any atom is 0.313 e. The summed E-state index contributed by atoms with van der Waals surface area (Å²) in [5, 5.41) is 22.6. The first-order chi connectivity index (χ1) is 9.15. The Bertz CT molecular complexity index is 678. The molecule has 0 unspecified atom stereocenters. The summed E-state index contributed by atoms with van der Waals surface area (Å²) < 4.78 is 0. The first kappa shape index (κ1) is 12.4. The number of anilines is 1. The van der Waals surface area contributed by atoms with E-state index in [2.05, 4.69) is 15.3 Å². The van der Waals surface area contributed by atoms with Crippen LogP contribution in [0.15, 0.2) is 30.5 Å². The van der Waals surface area contributed by atoms with E-state index in [0.29, 0.717) is 11.1 Å². The Morgan fingerprint density at radius 1 is 1.47 bits per heavy atom. The van der Waals surface area contributed by atoms with Crippen molar-refractivity contribution >= 4 is 11.6 Å². The van der Waals surface area contributed by atoms with Crippen molar-refractivity contribution in [1.82, 2.24) is 9.97 Å². The van der Waals surface area contributed by atoms with Crippen LogP contribution in [0.25, 0.3) is 11.3 Å². The second-order valence-corrected chi connectivity index (χ2v) is 3.63. The zero-order chi connectivity index (χ0) is 13.8. The van der Waals surface area contributed by atoms with Gasteiger partial charge in [0.15, 0.2) is 5.69 Å². The van der Waals surface area contributed by atoms with Crippen molar-refractivity contribution in [1.29, 1.82) is 5.26 Å². The van der Waals surface area contributed by atoms with E-state index >= 15 is 0 Å². The first-order valence-electron chi connectivity index (χ1n) is 5.35. The Morgan fingerprint density at radius 2 is 2.26 bits per heavy atom. The Morgan fingerprint density at radius 3 is 2.89 bits per heavy atom. The van der Waals surface area contributed by atoms with Crippen LogP contribution in [-0.4, -0.2) is 21.9 Å². The van der Waals surface area contributed by atoms with E-state index < -0.39 is 4.92 Å². The van der Waals surface area contributed by atoms with Crippen molar-refractivity contribution < 1.29 is 4.92 Å². The van der Waals surface area contributed by atoms with E-state index in [0.717, 1.165) is 6.20 Å². The highest BCUT2D eigenvalue weighted by Crippen LogP contribution is 2.28. The normalized spacial score (nSPS) is 9.68. The number of nitro groups is 1. The summed E-state index contributed by atoms with van der Waals surface area (Å²) >= 11 is 0. The van der Waals surface area contributed by atoms with Crippen LogP contribution in [0.2, 0.25) is 0 Å². The molecule has 0 saturated heterocycles. The molecule has 0 saturated carbocycles. The molecule has 0 spiro atoms. The van der Waals surface area contributed by atoms with Gasteiger partial charge in [-0.2, -0.15) is 5.26 Å². The zero-order valence-corrected chi connectivity index (χ0v) is 9.99. The van der Waals surface area contributed by atoms with Gasteiger partial charge >= 0.3 is 5.69 Å². The standard InChI is InChI=1S/C12H9N5O2/c1-14-12-15-7-10(17(18)19)11(16-12)9-4-2-3-8(5-9)6-13/h2-5,7H,1H3,(H,14,15,16). The van der Waals surface area contributed by atoms with E-state index in [1.165, 1.54) is 0 Å². The molecule has 1 aromatic carbocycles. The Kier molecular flexibility index (Phi) is 3.34. The highest BCUT2D eigenvalue weighted by atomic mass is 16.6. The average Bonchev–Trinajstić information content (AvgIpc) is 2.46. The van der Waals surface area contributed by atoms with Crippen LogP contribution in [0.5, 0.6) is 0 Å². The molecule has 0 aliphatic heterocycles. The molecule has 19 heavy (non-hydrogen) atoms. The molecule has 7 nitrogen and oxygen atoms in total. The predicted molar refractivity (Wildman–Crippen MR) is 68.4 cm³/mol. The minimum absolute atomic E-state index is 0.182. The third-order valence-corrected chi connectivity index (χ3v) is 2.45. The number of hydrogen-bond acceptors (Lipinski definition) is 6. The highest BCUT2D eigenvalue weighted by molar-refractivity contribution is 5.71. The van der Waals surface area contributed by atoms with Crippen LogP contribution >= 0.6 is 0 Å². The second kappa shape index (κ2) is 5.10. The highest BCUT2D eigenvalue weighted by Gasteiger charge is 2.18. The van der Waals surface area contributed by atoms with E-state index in [1.54, 1.807) is 31.3 Å². The molecule has 0 amide bonds. The van der Waals surface area contributed by atoms with Crippen molar-refractivity contribution in [3.8, 4) is 17.3 Å². The van der Waals surface area contributed by atoms with E-state index in [1.807, 2.05) is 6.07 Å². The summed E-state index contributed by atoms with van der Waals surface area (Å²) in [4.78, 5) is 18.3. The Labute approximate surface area is 108 Å². The van der Waals surface area contributed by atoms with Crippen molar-refractivity contribution in [2.45, 2.75) is 0 Å². The molecule has 94 valence electrons. The predicted octanol–water partition coefficient (Wildman–Crippen LogP) is 1.97. The quantitative estimate of drug-likeness (QED) is 0.664. The van der Waals surface area contributed by atoms with E-state index in [-0.39, 0.29) is 17.3 Å². The topological polar surface area (TPSA) is 105 Å². The van der Waals surface area contributed by atoms with Gasteiger partial charge in [-0.05, 0) is 12.1 Å². The molecule has 0 aliphatic carbocycles. The number of nitriles is 1. The van der Waals surface area contributed by atoms with E-state index in [9.17, 15) is 10.1 Å². The van der Waals surface area contributed by atoms with Gasteiger partial charge in [0.05, 0.1) is 16.6 Å². The lowest BCUT2D eigenvalue weighted by Gasteiger charge is -2.04. The Hall–Kier alpha value is -3.01. The SMILES string of the molecule is CNc1ncc([N+](=O)[O-])c(-c2cccc(C#N)c2)n1. The molecule has 0 radical (unpaired) electrons. The molecule has 0 fully saturated rings. The monoisotopic (exact) mass is 255 g/mol. The molecule has 1 N–H and O–H groups in total. The molecule has 0 atom stereocenters. The lowest BCUT2D eigenvalue weighted by atomic mass is 10.1. The van der Waals surface area contributed by atoms with Gasteiger partial charge in [-0.3, -0.25) is 10.1 Å². The summed E-state index contributed by atoms with van der Waals surface area (Å²) in [7, 11) is 1.62. The first-order valence-corrected chi connectivity index (χ1v) is 5.35. The van der Waals surface area contributed by atoms with Crippen LogP contribution in [-0.2, 0) is 0 Å². The second-order valence-electron chi connectivity index (χ2n) is 3.63. The summed E-state index contributed by atoms with van der Waals surface area (Å²) in [6.07, 6.45) is 1.15. The van der Waals surface area contributed by atoms with Gasteiger partial charge in [0.1, 0.15) is 6.20 Å². The zero-order valence-electron chi connectivity index (χ0n) is 9.99. The number of hydrogen-bond donors (Lipinski definition) is 1. The largest absolute Gasteiger partial charge is 0.357 e. The van der Waals surface area contributed by atoms with Crippen molar-refractivity contribution in [3.05, 3.63) is 46.1 Å². The summed E-state index contributed by atoms with van der Waals surface area (Å²) in [6.45, 7) is 0. The van der Waals surface area contributed by atoms with Gasteiger partial charge in [0.25, 0.3) is 0 Å².